The molecule has 2 aromatic heterocycles. The van der Waals surface area contributed by atoms with Gasteiger partial charge in [0.1, 0.15) is 23.0 Å². The number of hydrogen-bond acceptors (Lipinski definition) is 8. The molecule has 0 fully saturated rings. The summed E-state index contributed by atoms with van der Waals surface area (Å²) in [5, 5.41) is 12.7. The van der Waals surface area contributed by atoms with Gasteiger partial charge in [-0.05, 0) is 62.2 Å². The third kappa shape index (κ3) is 5.93. The minimum atomic E-state index is -0.296. The van der Waals surface area contributed by atoms with E-state index in [-0.39, 0.29) is 5.91 Å². The second-order valence-electron chi connectivity index (χ2n) is 8.70. The van der Waals surface area contributed by atoms with Crippen LogP contribution in [0.1, 0.15) is 35.3 Å². The Morgan fingerprint density at radius 1 is 1.20 bits per heavy atom. The monoisotopic (exact) mass is 472 g/mol. The fourth-order valence-corrected chi connectivity index (χ4v) is 3.72. The predicted octanol–water partition coefficient (Wildman–Crippen LogP) is 3.76. The van der Waals surface area contributed by atoms with Crippen LogP contribution in [0.5, 0.6) is 0 Å². The maximum Gasteiger partial charge on any atom is 0.256 e. The average molecular weight is 473 g/mol. The smallest absolute Gasteiger partial charge is 0.256 e. The molecule has 4 N–H and O–H groups in total. The first-order valence-corrected chi connectivity index (χ1v) is 11.8. The first-order chi connectivity index (χ1) is 16.9. The van der Waals surface area contributed by atoms with Crippen LogP contribution in [0.2, 0.25) is 0 Å². The molecule has 0 saturated carbocycles. The number of nitrogens with zero attached hydrogens (tertiary/aromatic N) is 4. The van der Waals surface area contributed by atoms with E-state index >= 15 is 0 Å². The summed E-state index contributed by atoms with van der Waals surface area (Å²) in [6, 6.07) is 12.3. The largest absolute Gasteiger partial charge is 0.357 e. The molecule has 35 heavy (non-hydrogen) atoms. The molecule has 1 aliphatic heterocycles. The Morgan fingerprint density at radius 2 is 2.06 bits per heavy atom. The summed E-state index contributed by atoms with van der Waals surface area (Å²) in [5.74, 6) is 1.85. The summed E-state index contributed by atoms with van der Waals surface area (Å²) in [4.78, 5) is 28.6. The molecule has 0 bridgehead atoms. The normalized spacial score (nSPS) is 12.6. The van der Waals surface area contributed by atoms with Crippen LogP contribution in [-0.2, 0) is 13.0 Å². The van der Waals surface area contributed by atoms with Crippen LogP contribution in [0, 0.1) is 0 Å². The fraction of sp³-hybridized carbons (Fsp3) is 0.308. The van der Waals surface area contributed by atoms with Gasteiger partial charge in [-0.3, -0.25) is 4.79 Å². The number of rotatable bonds is 9. The van der Waals surface area contributed by atoms with E-state index in [1.807, 2.05) is 31.3 Å². The van der Waals surface area contributed by atoms with Crippen LogP contribution in [0.15, 0.2) is 55.3 Å². The van der Waals surface area contributed by atoms with E-state index in [2.05, 4.69) is 68.7 Å². The summed E-state index contributed by atoms with van der Waals surface area (Å²) < 4.78 is 0. The van der Waals surface area contributed by atoms with Gasteiger partial charge in [0.2, 0.25) is 5.95 Å². The average Bonchev–Trinajstić information content (AvgIpc) is 2.87. The molecular formula is C26H32N8O. The second kappa shape index (κ2) is 11.0. The van der Waals surface area contributed by atoms with E-state index in [1.54, 1.807) is 6.08 Å². The number of nitrogens with one attached hydrogen (secondary N) is 4. The lowest BCUT2D eigenvalue weighted by atomic mass is 10.0. The number of hydrogen-bond donors (Lipinski definition) is 4. The molecule has 9 heteroatoms. The molecule has 4 rings (SSSR count). The highest BCUT2D eigenvalue weighted by Crippen LogP contribution is 2.24. The van der Waals surface area contributed by atoms with Crippen molar-refractivity contribution in [3.05, 3.63) is 71.9 Å². The number of anilines is 5. The third-order valence-electron chi connectivity index (χ3n) is 5.91. The number of benzene rings is 1. The number of carbonyl (C=O) groups is 1. The summed E-state index contributed by atoms with van der Waals surface area (Å²) in [6.07, 6.45) is 4.12. The van der Waals surface area contributed by atoms with Gasteiger partial charge in [0.05, 0.1) is 0 Å². The molecular weight excluding hydrogens is 440 g/mol. The van der Waals surface area contributed by atoms with Crippen molar-refractivity contribution in [3.63, 3.8) is 0 Å². The standard InChI is InChI=1S/C26H32N8O/c1-5-12-28-25(35)21-16-29-26(30-20-10-9-19-15-27-13-11-18(19)14-20)33-24(21)32-22-7-6-8-23(31-22)34(4)17(2)3/h5-10,14,16-17,27H,1,11-13,15H2,2-4H3,(H,28,35)(H2,29,30,31,32,33). The van der Waals surface area contributed by atoms with Gasteiger partial charge in [-0.1, -0.05) is 18.2 Å². The summed E-state index contributed by atoms with van der Waals surface area (Å²) in [5.41, 5.74) is 3.83. The molecule has 0 atom stereocenters. The molecule has 1 aromatic carbocycles. The Kier molecular flexibility index (Phi) is 7.57. The quantitative estimate of drug-likeness (QED) is 0.349. The molecule has 0 spiro atoms. The molecule has 1 amide bonds. The van der Waals surface area contributed by atoms with Crippen LogP contribution in [-0.4, -0.2) is 47.0 Å². The van der Waals surface area contributed by atoms with E-state index < -0.39 is 0 Å². The highest BCUT2D eigenvalue weighted by Gasteiger charge is 2.17. The minimum absolute atomic E-state index is 0.292. The number of pyridine rings is 1. The SMILES string of the molecule is C=CCNC(=O)c1cnc(Nc2ccc3c(c2)CCNC3)nc1Nc1cccc(N(C)C(C)C)n1. The Hall–Kier alpha value is -3.98. The van der Waals surface area contributed by atoms with Gasteiger partial charge in [0.15, 0.2) is 0 Å². The molecule has 182 valence electrons. The Morgan fingerprint density at radius 3 is 2.86 bits per heavy atom. The van der Waals surface area contributed by atoms with E-state index in [0.29, 0.717) is 35.7 Å². The zero-order chi connectivity index (χ0) is 24.8. The van der Waals surface area contributed by atoms with Gasteiger partial charge in [-0.15, -0.1) is 6.58 Å². The van der Waals surface area contributed by atoms with Gasteiger partial charge in [-0.2, -0.15) is 4.98 Å². The van der Waals surface area contributed by atoms with Crippen LogP contribution in [0.25, 0.3) is 0 Å². The van der Waals surface area contributed by atoms with Crippen LogP contribution in [0.4, 0.5) is 29.1 Å². The summed E-state index contributed by atoms with van der Waals surface area (Å²) in [6.45, 7) is 10.0. The van der Waals surface area contributed by atoms with E-state index in [1.165, 1.54) is 17.3 Å². The van der Waals surface area contributed by atoms with Gasteiger partial charge in [0, 0.05) is 38.1 Å². The first-order valence-electron chi connectivity index (χ1n) is 11.8. The lowest BCUT2D eigenvalue weighted by molar-refractivity contribution is 0.0958. The molecule has 3 aromatic rings. The molecule has 3 heterocycles. The van der Waals surface area contributed by atoms with Crippen molar-refractivity contribution in [2.75, 3.05) is 35.7 Å². The van der Waals surface area contributed by atoms with Crippen molar-refractivity contribution in [1.82, 2.24) is 25.6 Å². The van der Waals surface area contributed by atoms with Gasteiger partial charge >= 0.3 is 0 Å². The third-order valence-corrected chi connectivity index (χ3v) is 5.91. The summed E-state index contributed by atoms with van der Waals surface area (Å²) in [7, 11) is 1.99. The Labute approximate surface area is 206 Å². The van der Waals surface area contributed by atoms with E-state index in [4.69, 9.17) is 4.98 Å². The molecule has 0 aliphatic carbocycles. The lowest BCUT2D eigenvalue weighted by Crippen LogP contribution is -2.26. The van der Waals surface area contributed by atoms with Gasteiger partial charge in [0.25, 0.3) is 5.91 Å². The van der Waals surface area contributed by atoms with E-state index in [0.717, 1.165) is 31.0 Å². The van der Waals surface area contributed by atoms with Crippen LogP contribution >= 0.6 is 0 Å². The van der Waals surface area contributed by atoms with Crippen molar-refractivity contribution in [3.8, 4) is 0 Å². The number of amides is 1. The first kappa shape index (κ1) is 24.2. The highest BCUT2D eigenvalue weighted by atomic mass is 16.1. The van der Waals surface area contributed by atoms with Crippen molar-refractivity contribution in [1.29, 1.82) is 0 Å². The molecule has 0 radical (unpaired) electrons. The molecule has 9 nitrogen and oxygen atoms in total. The zero-order valence-corrected chi connectivity index (χ0v) is 20.4. The highest BCUT2D eigenvalue weighted by molar-refractivity contribution is 5.99. The summed E-state index contributed by atoms with van der Waals surface area (Å²) >= 11 is 0. The van der Waals surface area contributed by atoms with Gasteiger partial charge in [-0.25, -0.2) is 9.97 Å². The van der Waals surface area contributed by atoms with Crippen LogP contribution < -0.4 is 26.2 Å². The number of fused-ring (bicyclic) bond motifs is 1. The Balaban J connectivity index is 1.63. The number of aromatic nitrogens is 3. The Bertz CT molecular complexity index is 1210. The maximum atomic E-state index is 12.8. The van der Waals surface area contributed by atoms with Gasteiger partial charge < -0.3 is 26.2 Å². The zero-order valence-electron chi connectivity index (χ0n) is 20.4. The second-order valence-corrected chi connectivity index (χ2v) is 8.70. The lowest BCUT2D eigenvalue weighted by Gasteiger charge is -2.23. The molecule has 0 saturated heterocycles. The van der Waals surface area contributed by atoms with E-state index in [9.17, 15) is 4.79 Å². The topological polar surface area (TPSA) is 107 Å². The number of carbonyl (C=O) groups excluding carboxylic acids is 1. The molecule has 1 aliphatic rings. The molecule has 0 unspecified atom stereocenters. The predicted molar refractivity (Wildman–Crippen MR) is 141 cm³/mol. The van der Waals surface area contributed by atoms with Crippen molar-refractivity contribution >= 4 is 35.0 Å². The fourth-order valence-electron chi connectivity index (χ4n) is 3.72. The van der Waals surface area contributed by atoms with Crippen molar-refractivity contribution in [2.24, 2.45) is 0 Å². The maximum absolute atomic E-state index is 12.8. The van der Waals surface area contributed by atoms with Crippen molar-refractivity contribution in [2.45, 2.75) is 32.9 Å². The van der Waals surface area contributed by atoms with Crippen LogP contribution in [0.3, 0.4) is 0 Å². The van der Waals surface area contributed by atoms with Crippen molar-refractivity contribution < 1.29 is 4.79 Å². The minimum Gasteiger partial charge on any atom is -0.357 e.